The maximum Gasteiger partial charge on any atom is 0.357 e. The second kappa shape index (κ2) is 4.68. The molecule has 1 aromatic heterocycles. The van der Waals surface area contributed by atoms with Crippen molar-refractivity contribution in [2.24, 2.45) is 0 Å². The van der Waals surface area contributed by atoms with Gasteiger partial charge in [0.25, 0.3) is 6.43 Å². The Morgan fingerprint density at radius 2 is 2.24 bits per heavy atom. The summed E-state index contributed by atoms with van der Waals surface area (Å²) in [6, 6.07) is 0. The summed E-state index contributed by atoms with van der Waals surface area (Å²) in [7, 11) is 0.915. The van der Waals surface area contributed by atoms with Crippen LogP contribution in [0.25, 0.3) is 0 Å². The molecule has 0 unspecified atom stereocenters. The molecule has 0 radical (unpaired) electrons. The Balaban J connectivity index is 3.59. The molecule has 0 aromatic carbocycles. The van der Waals surface area contributed by atoms with Crippen LogP contribution in [0.2, 0.25) is 0 Å². The summed E-state index contributed by atoms with van der Waals surface area (Å²) in [5.74, 6) is -2.29. The Kier molecular flexibility index (Phi) is 3.51. The van der Waals surface area contributed by atoms with E-state index in [9.17, 15) is 23.7 Å². The van der Waals surface area contributed by atoms with Crippen LogP contribution in [0, 0.1) is 10.1 Å². The van der Waals surface area contributed by atoms with Crippen LogP contribution in [0.4, 0.5) is 14.5 Å². The van der Waals surface area contributed by atoms with Crippen LogP contribution >= 0.6 is 0 Å². The molecule has 0 fully saturated rings. The number of hydrogen-bond donors (Lipinski definition) is 1. The van der Waals surface area contributed by atoms with E-state index in [2.05, 4.69) is 9.72 Å². The highest BCUT2D eigenvalue weighted by molar-refractivity contribution is 5.90. The third-order valence-corrected chi connectivity index (χ3v) is 1.85. The second-order valence-corrected chi connectivity index (χ2v) is 2.80. The van der Waals surface area contributed by atoms with Crippen molar-refractivity contribution in [1.82, 2.24) is 4.98 Å². The number of halogens is 2. The summed E-state index contributed by atoms with van der Waals surface area (Å²) >= 11 is 0. The van der Waals surface area contributed by atoms with Gasteiger partial charge in [-0.1, -0.05) is 0 Å². The molecule has 0 saturated carbocycles. The third-order valence-electron chi connectivity index (χ3n) is 1.85. The molecule has 0 aliphatic rings. The number of rotatable bonds is 3. The zero-order valence-electron chi connectivity index (χ0n) is 8.39. The van der Waals surface area contributed by atoms with Gasteiger partial charge in [-0.25, -0.2) is 18.6 Å². The molecule has 1 heterocycles. The van der Waals surface area contributed by atoms with Gasteiger partial charge in [0.2, 0.25) is 5.75 Å². The van der Waals surface area contributed by atoms with Crippen LogP contribution in [0.3, 0.4) is 0 Å². The second-order valence-electron chi connectivity index (χ2n) is 2.80. The average Bonchev–Trinajstić information content (AvgIpc) is 2.26. The van der Waals surface area contributed by atoms with E-state index in [1.165, 1.54) is 0 Å². The molecule has 0 spiro atoms. The maximum absolute atomic E-state index is 12.7. The summed E-state index contributed by atoms with van der Waals surface area (Å²) in [5, 5.41) is 19.6. The van der Waals surface area contributed by atoms with Gasteiger partial charge < -0.3 is 9.84 Å². The molecule has 0 aliphatic heterocycles. The molecule has 0 atom stereocenters. The number of hydrogen-bond acceptors (Lipinski definition) is 6. The van der Waals surface area contributed by atoms with Crippen molar-refractivity contribution in [2.45, 2.75) is 6.43 Å². The molecule has 1 aromatic rings. The van der Waals surface area contributed by atoms with Gasteiger partial charge in [-0.2, -0.15) is 0 Å². The predicted molar refractivity (Wildman–Crippen MR) is 48.9 cm³/mol. The van der Waals surface area contributed by atoms with E-state index in [-0.39, 0.29) is 0 Å². The Hall–Kier alpha value is -2.32. The molecule has 1 rings (SSSR count). The molecule has 0 saturated heterocycles. The molecule has 92 valence electrons. The van der Waals surface area contributed by atoms with Crippen LogP contribution in [-0.4, -0.2) is 28.1 Å². The van der Waals surface area contributed by atoms with Crippen LogP contribution in [0.1, 0.15) is 22.5 Å². The first kappa shape index (κ1) is 12.7. The average molecular weight is 248 g/mol. The SMILES string of the molecule is COC(=O)c1ncc(O)c([N+](=O)[O-])c1C(F)F. The lowest BCUT2D eigenvalue weighted by Crippen LogP contribution is -2.11. The highest BCUT2D eigenvalue weighted by Gasteiger charge is 2.33. The minimum absolute atomic E-state index is 0.538. The van der Waals surface area contributed by atoms with Crippen molar-refractivity contribution >= 4 is 11.7 Å². The lowest BCUT2D eigenvalue weighted by atomic mass is 10.1. The number of carbonyl (C=O) groups is 1. The molecule has 7 nitrogen and oxygen atoms in total. The van der Waals surface area contributed by atoms with Gasteiger partial charge in [-0.15, -0.1) is 0 Å². The van der Waals surface area contributed by atoms with Crippen molar-refractivity contribution in [3.63, 3.8) is 0 Å². The molecule has 9 heteroatoms. The molecule has 0 bridgehead atoms. The molecule has 0 amide bonds. The van der Waals surface area contributed by atoms with Gasteiger partial charge >= 0.3 is 11.7 Å². The maximum atomic E-state index is 12.7. The number of nitro groups is 1. The van der Waals surface area contributed by atoms with Gasteiger partial charge in [-0.05, 0) is 0 Å². The van der Waals surface area contributed by atoms with Crippen LogP contribution in [-0.2, 0) is 4.74 Å². The number of ether oxygens (including phenoxy) is 1. The van der Waals surface area contributed by atoms with Gasteiger partial charge in [-0.3, -0.25) is 10.1 Å². The van der Waals surface area contributed by atoms with E-state index >= 15 is 0 Å². The quantitative estimate of drug-likeness (QED) is 0.493. The monoisotopic (exact) mass is 248 g/mol. The van der Waals surface area contributed by atoms with Crippen molar-refractivity contribution in [1.29, 1.82) is 0 Å². The number of pyridine rings is 1. The topological polar surface area (TPSA) is 103 Å². The van der Waals surface area contributed by atoms with E-state index in [1.54, 1.807) is 0 Å². The summed E-state index contributed by atoms with van der Waals surface area (Å²) < 4.78 is 29.5. The lowest BCUT2D eigenvalue weighted by molar-refractivity contribution is -0.387. The van der Waals surface area contributed by atoms with Crippen LogP contribution in [0.15, 0.2) is 6.20 Å². The predicted octanol–water partition coefficient (Wildman–Crippen LogP) is 1.42. The fourth-order valence-electron chi connectivity index (χ4n) is 1.16. The smallest absolute Gasteiger partial charge is 0.357 e. The third kappa shape index (κ3) is 2.27. The number of alkyl halides is 2. The van der Waals surface area contributed by atoms with E-state index < -0.39 is 40.0 Å². The number of nitrogens with zero attached hydrogens (tertiary/aromatic N) is 2. The normalized spacial score (nSPS) is 10.4. The minimum Gasteiger partial charge on any atom is -0.501 e. The molecular weight excluding hydrogens is 242 g/mol. The Morgan fingerprint density at radius 3 is 2.65 bits per heavy atom. The zero-order valence-corrected chi connectivity index (χ0v) is 8.39. The molecular formula is C8H6F2N2O5. The van der Waals surface area contributed by atoms with Gasteiger partial charge in [0, 0.05) is 0 Å². The van der Waals surface area contributed by atoms with Gasteiger partial charge in [0.15, 0.2) is 5.69 Å². The Morgan fingerprint density at radius 1 is 1.65 bits per heavy atom. The molecule has 1 N–H and O–H groups in total. The zero-order chi connectivity index (χ0) is 13.2. The molecule has 0 aliphatic carbocycles. The Bertz CT molecular complexity index is 477. The summed E-state index contributed by atoms with van der Waals surface area (Å²) in [6.45, 7) is 0. The van der Waals surface area contributed by atoms with Crippen molar-refractivity contribution in [3.8, 4) is 5.75 Å². The first-order valence-corrected chi connectivity index (χ1v) is 4.12. The number of carbonyl (C=O) groups excluding carboxylic acids is 1. The lowest BCUT2D eigenvalue weighted by Gasteiger charge is -2.07. The number of methoxy groups -OCH3 is 1. The summed E-state index contributed by atoms with van der Waals surface area (Å²) in [4.78, 5) is 23.6. The van der Waals surface area contributed by atoms with Crippen LogP contribution < -0.4 is 0 Å². The van der Waals surface area contributed by atoms with E-state index in [4.69, 9.17) is 5.11 Å². The van der Waals surface area contributed by atoms with Crippen LogP contribution in [0.5, 0.6) is 5.75 Å². The van der Waals surface area contributed by atoms with E-state index in [1.807, 2.05) is 0 Å². The fourth-order valence-corrected chi connectivity index (χ4v) is 1.16. The van der Waals surface area contributed by atoms with Crippen molar-refractivity contribution in [2.75, 3.05) is 7.11 Å². The standard InChI is InChI=1S/C8H6F2N2O5/c1-17-8(14)5-4(7(9)10)6(12(15)16)3(13)2-11-5/h2,7,13H,1H3. The highest BCUT2D eigenvalue weighted by Crippen LogP contribution is 2.37. The fraction of sp³-hybridized carbons (Fsp3) is 0.250. The summed E-state index contributed by atoms with van der Waals surface area (Å²) in [6.07, 6.45) is -2.81. The van der Waals surface area contributed by atoms with E-state index in [0.29, 0.717) is 6.20 Å². The first-order valence-electron chi connectivity index (χ1n) is 4.12. The first-order chi connectivity index (χ1) is 7.90. The number of esters is 1. The van der Waals surface area contributed by atoms with Gasteiger partial charge in [0.1, 0.15) is 5.56 Å². The highest BCUT2D eigenvalue weighted by atomic mass is 19.3. The molecule has 17 heavy (non-hydrogen) atoms. The minimum atomic E-state index is -3.34. The van der Waals surface area contributed by atoms with Crippen molar-refractivity contribution < 1.29 is 28.3 Å². The van der Waals surface area contributed by atoms with Crippen molar-refractivity contribution in [3.05, 3.63) is 27.6 Å². The largest absolute Gasteiger partial charge is 0.501 e. The number of aromatic nitrogens is 1. The van der Waals surface area contributed by atoms with E-state index in [0.717, 1.165) is 7.11 Å². The summed E-state index contributed by atoms with van der Waals surface area (Å²) in [5.41, 5.74) is -3.41. The number of aromatic hydroxyl groups is 1. The Labute approximate surface area is 92.8 Å². The van der Waals surface area contributed by atoms with Gasteiger partial charge in [0.05, 0.1) is 18.2 Å².